The van der Waals surface area contributed by atoms with Gasteiger partial charge in [-0.3, -0.25) is 14.3 Å². The van der Waals surface area contributed by atoms with Crippen molar-refractivity contribution in [2.24, 2.45) is 0 Å². The molecule has 3 heterocycles. The maximum atomic E-state index is 12.4. The number of carbonyl (C=O) groups is 1. The molecule has 0 unspecified atom stereocenters. The van der Waals surface area contributed by atoms with Gasteiger partial charge >= 0.3 is 6.09 Å². The summed E-state index contributed by atoms with van der Waals surface area (Å²) in [6.45, 7) is 8.82. The highest BCUT2D eigenvalue weighted by Crippen LogP contribution is 2.13. The van der Waals surface area contributed by atoms with Crippen LogP contribution in [0.1, 0.15) is 20.8 Å². The minimum absolute atomic E-state index is 0.256. The third kappa shape index (κ3) is 5.33. The molecule has 2 aromatic rings. The number of ether oxygens (including phenoxy) is 1. The summed E-state index contributed by atoms with van der Waals surface area (Å²) in [6, 6.07) is 3.01. The largest absolute Gasteiger partial charge is 0.444 e. The molecule has 0 N–H and O–H groups in total. The predicted molar refractivity (Wildman–Crippen MR) is 111 cm³/mol. The van der Waals surface area contributed by atoms with Crippen LogP contribution in [0, 0.1) is 0 Å². The van der Waals surface area contributed by atoms with Crippen molar-refractivity contribution >= 4 is 27.0 Å². The second-order valence-corrected chi connectivity index (χ2v) is 10.2. The smallest absolute Gasteiger partial charge is 0.410 e. The molecule has 0 aromatic carbocycles. The second kappa shape index (κ2) is 8.31. The van der Waals surface area contributed by atoms with Gasteiger partial charge in [0.05, 0.1) is 0 Å². The van der Waals surface area contributed by atoms with Crippen LogP contribution < -0.4 is 5.56 Å². The van der Waals surface area contributed by atoms with Crippen molar-refractivity contribution in [3.8, 4) is 0 Å². The topological polar surface area (TPSA) is 115 Å². The van der Waals surface area contributed by atoms with Crippen LogP contribution in [0.2, 0.25) is 0 Å². The zero-order chi connectivity index (χ0) is 22.1. The third-order valence-corrected chi connectivity index (χ3v) is 5.56. The zero-order valence-electron chi connectivity index (χ0n) is 17.7. The van der Waals surface area contributed by atoms with Crippen LogP contribution in [0.25, 0.3) is 11.0 Å². The van der Waals surface area contributed by atoms with Crippen LogP contribution in [0.5, 0.6) is 0 Å². The van der Waals surface area contributed by atoms with E-state index in [1.54, 1.807) is 11.0 Å². The monoisotopic (exact) mass is 437 g/mol. The number of pyridine rings is 1. The molecule has 1 aliphatic rings. The zero-order valence-corrected chi connectivity index (χ0v) is 18.5. The van der Waals surface area contributed by atoms with E-state index in [-0.39, 0.29) is 16.8 Å². The molecule has 2 aromatic heterocycles. The third-order valence-electron chi connectivity index (χ3n) is 4.70. The molecular weight excluding hydrogens is 410 g/mol. The number of aromatic nitrogens is 3. The molecule has 0 aliphatic carbocycles. The van der Waals surface area contributed by atoms with E-state index in [0.29, 0.717) is 50.3 Å². The summed E-state index contributed by atoms with van der Waals surface area (Å²) >= 11 is 0. The first kappa shape index (κ1) is 22.2. The molecule has 0 saturated carbocycles. The lowest BCUT2D eigenvalue weighted by atomic mass is 10.2. The van der Waals surface area contributed by atoms with Crippen molar-refractivity contribution in [1.29, 1.82) is 0 Å². The Morgan fingerprint density at radius 1 is 1.13 bits per heavy atom. The van der Waals surface area contributed by atoms with Crippen molar-refractivity contribution in [2.45, 2.75) is 38.1 Å². The summed E-state index contributed by atoms with van der Waals surface area (Å²) in [6.07, 6.45) is 2.12. The number of sulfone groups is 1. The Balaban J connectivity index is 1.69. The Labute approximate surface area is 175 Å². The molecule has 1 amide bonds. The van der Waals surface area contributed by atoms with Crippen LogP contribution in [-0.4, -0.2) is 83.4 Å². The predicted octanol–water partition coefficient (Wildman–Crippen LogP) is 0.748. The van der Waals surface area contributed by atoms with Crippen LogP contribution >= 0.6 is 0 Å². The normalized spacial score (nSPS) is 16.1. The minimum Gasteiger partial charge on any atom is -0.444 e. The van der Waals surface area contributed by atoms with E-state index < -0.39 is 15.4 Å². The van der Waals surface area contributed by atoms with E-state index >= 15 is 0 Å². The maximum absolute atomic E-state index is 12.4. The Hall–Kier alpha value is -2.53. The van der Waals surface area contributed by atoms with Gasteiger partial charge in [-0.05, 0) is 26.8 Å². The van der Waals surface area contributed by atoms with Gasteiger partial charge in [-0.25, -0.2) is 18.2 Å². The quantitative estimate of drug-likeness (QED) is 0.644. The fraction of sp³-hybridized carbons (Fsp3) is 0.579. The summed E-state index contributed by atoms with van der Waals surface area (Å²) in [5.41, 5.74) is -0.491. The summed E-state index contributed by atoms with van der Waals surface area (Å²) < 4.78 is 30.4. The average molecular weight is 438 g/mol. The van der Waals surface area contributed by atoms with Gasteiger partial charge in [-0.1, -0.05) is 0 Å². The Morgan fingerprint density at radius 2 is 1.80 bits per heavy atom. The SMILES string of the molecule is CC(C)(C)OC(=O)N1CCN(CCn2c(=O)ccc3cnc(S(C)(=O)=O)nc32)CC1. The maximum Gasteiger partial charge on any atom is 0.410 e. The molecule has 0 radical (unpaired) electrons. The van der Waals surface area contributed by atoms with Gasteiger partial charge in [-0.2, -0.15) is 4.98 Å². The van der Waals surface area contributed by atoms with Crippen molar-refractivity contribution in [2.75, 3.05) is 39.0 Å². The number of rotatable bonds is 4. The van der Waals surface area contributed by atoms with Gasteiger partial charge < -0.3 is 9.64 Å². The van der Waals surface area contributed by atoms with Gasteiger partial charge in [0.15, 0.2) is 0 Å². The molecule has 164 valence electrons. The first-order valence-electron chi connectivity index (χ1n) is 9.71. The second-order valence-electron chi connectivity index (χ2n) is 8.34. The lowest BCUT2D eigenvalue weighted by Crippen LogP contribution is -2.50. The van der Waals surface area contributed by atoms with Crippen molar-refractivity contribution < 1.29 is 17.9 Å². The van der Waals surface area contributed by atoms with Gasteiger partial charge in [-0.15, -0.1) is 0 Å². The van der Waals surface area contributed by atoms with Crippen LogP contribution in [-0.2, 0) is 21.1 Å². The highest BCUT2D eigenvalue weighted by molar-refractivity contribution is 7.90. The van der Waals surface area contributed by atoms with Gasteiger partial charge in [0.2, 0.25) is 15.0 Å². The molecule has 1 fully saturated rings. The molecule has 0 bridgehead atoms. The van der Waals surface area contributed by atoms with Crippen molar-refractivity contribution in [3.05, 3.63) is 28.7 Å². The molecule has 30 heavy (non-hydrogen) atoms. The van der Waals surface area contributed by atoms with E-state index in [2.05, 4.69) is 14.9 Å². The average Bonchev–Trinajstić information content (AvgIpc) is 2.65. The Bertz CT molecular complexity index is 1100. The number of amides is 1. The van der Waals surface area contributed by atoms with Crippen LogP contribution in [0.4, 0.5) is 4.79 Å². The number of nitrogens with zero attached hydrogens (tertiary/aromatic N) is 5. The van der Waals surface area contributed by atoms with Crippen molar-refractivity contribution in [1.82, 2.24) is 24.3 Å². The van der Waals surface area contributed by atoms with E-state index in [4.69, 9.17) is 4.74 Å². The molecule has 3 rings (SSSR count). The summed E-state index contributed by atoms with van der Waals surface area (Å²) in [7, 11) is -3.58. The molecule has 1 saturated heterocycles. The number of carbonyl (C=O) groups excluding carboxylic acids is 1. The fourth-order valence-electron chi connectivity index (χ4n) is 3.17. The van der Waals surface area contributed by atoms with E-state index in [0.717, 1.165) is 6.26 Å². The van der Waals surface area contributed by atoms with E-state index in [1.807, 2.05) is 20.8 Å². The highest BCUT2D eigenvalue weighted by Gasteiger charge is 2.25. The first-order valence-corrected chi connectivity index (χ1v) is 11.6. The number of piperazine rings is 1. The highest BCUT2D eigenvalue weighted by atomic mass is 32.2. The van der Waals surface area contributed by atoms with Crippen LogP contribution in [0.3, 0.4) is 0 Å². The summed E-state index contributed by atoms with van der Waals surface area (Å²) in [4.78, 5) is 36.4. The van der Waals surface area contributed by atoms with E-state index in [9.17, 15) is 18.0 Å². The molecular formula is C19H27N5O5S. The molecule has 0 spiro atoms. The molecule has 10 nitrogen and oxygen atoms in total. The summed E-state index contributed by atoms with van der Waals surface area (Å²) in [5.74, 6) is 0. The molecule has 11 heteroatoms. The number of hydrogen-bond acceptors (Lipinski definition) is 8. The van der Waals surface area contributed by atoms with E-state index in [1.165, 1.54) is 16.8 Å². The molecule has 0 atom stereocenters. The van der Waals surface area contributed by atoms with Gasteiger partial charge in [0, 0.05) is 63.2 Å². The summed E-state index contributed by atoms with van der Waals surface area (Å²) in [5, 5.41) is 0.289. The van der Waals surface area contributed by atoms with Crippen molar-refractivity contribution in [3.63, 3.8) is 0 Å². The van der Waals surface area contributed by atoms with Gasteiger partial charge in [0.25, 0.3) is 5.56 Å². The van der Waals surface area contributed by atoms with Crippen LogP contribution in [0.15, 0.2) is 28.3 Å². The lowest BCUT2D eigenvalue weighted by molar-refractivity contribution is 0.0143. The number of hydrogen-bond donors (Lipinski definition) is 0. The minimum atomic E-state index is -3.58. The fourth-order valence-corrected chi connectivity index (χ4v) is 3.67. The lowest BCUT2D eigenvalue weighted by Gasteiger charge is -2.35. The van der Waals surface area contributed by atoms with Gasteiger partial charge in [0.1, 0.15) is 11.2 Å². The molecule has 1 aliphatic heterocycles. The number of fused-ring (bicyclic) bond motifs is 1. The Morgan fingerprint density at radius 3 is 2.40 bits per heavy atom. The Kier molecular flexibility index (Phi) is 6.14. The first-order chi connectivity index (χ1) is 13.9. The standard InChI is InChI=1S/C19H27N5O5S/c1-19(2,3)29-18(26)23-10-7-22(8-11-23)9-12-24-15(25)6-5-14-13-20-17(21-16(14)24)30(4,27)28/h5-6,13H,7-12H2,1-4H3.